The van der Waals surface area contributed by atoms with Gasteiger partial charge >= 0.3 is 0 Å². The number of fused-ring (bicyclic) bond motifs is 2. The number of ketones is 1. The summed E-state index contributed by atoms with van der Waals surface area (Å²) in [5.74, 6) is -0.904. The van der Waals surface area contributed by atoms with E-state index in [1.54, 1.807) is 11.0 Å². The van der Waals surface area contributed by atoms with Crippen molar-refractivity contribution in [3.8, 4) is 0 Å². The van der Waals surface area contributed by atoms with Gasteiger partial charge in [-0.1, -0.05) is 0 Å². The molecule has 0 atom stereocenters. The van der Waals surface area contributed by atoms with Crippen molar-refractivity contribution in [1.82, 2.24) is 14.8 Å². The maximum absolute atomic E-state index is 13.8. The molecule has 2 aromatic rings. The van der Waals surface area contributed by atoms with Gasteiger partial charge in [-0.05, 0) is 49.6 Å². The van der Waals surface area contributed by atoms with E-state index >= 15 is 0 Å². The zero-order chi connectivity index (χ0) is 23.8. The first-order valence-electron chi connectivity index (χ1n) is 11.6. The maximum atomic E-state index is 13.8. The number of H-pyrrole nitrogens is 1. The highest BCUT2D eigenvalue weighted by Gasteiger charge is 2.30. The van der Waals surface area contributed by atoms with Crippen LogP contribution in [0.2, 0.25) is 0 Å². The number of ether oxygens (including phenoxy) is 1. The molecule has 2 N–H and O–H groups in total. The molecule has 0 spiro atoms. The van der Waals surface area contributed by atoms with Crippen LogP contribution in [0.3, 0.4) is 0 Å². The molecule has 2 amide bonds. The third-order valence-corrected chi connectivity index (χ3v) is 6.65. The Balaban J connectivity index is 1.38. The quantitative estimate of drug-likeness (QED) is 0.660. The van der Waals surface area contributed by atoms with E-state index < -0.39 is 5.82 Å². The number of hydrogen-bond donors (Lipinski definition) is 2. The Morgan fingerprint density at radius 1 is 1.18 bits per heavy atom. The van der Waals surface area contributed by atoms with Crippen molar-refractivity contribution in [2.45, 2.75) is 19.8 Å². The number of carbonyl (C=O) groups is 3. The lowest BCUT2D eigenvalue weighted by Gasteiger charge is -2.27. The van der Waals surface area contributed by atoms with Gasteiger partial charge in [0, 0.05) is 42.3 Å². The van der Waals surface area contributed by atoms with Crippen molar-refractivity contribution in [3.63, 3.8) is 0 Å². The fourth-order valence-electron chi connectivity index (χ4n) is 4.88. The number of anilines is 1. The monoisotopic (exact) mass is 466 g/mol. The molecule has 4 heterocycles. The molecule has 3 aliphatic heterocycles. The highest BCUT2D eigenvalue weighted by Crippen LogP contribution is 2.35. The number of Topliss-reactive ketones (excluding diaryl/α,β-unsaturated/α-hetero) is 1. The number of hydrogen-bond acceptors (Lipinski definition) is 5. The van der Waals surface area contributed by atoms with Crippen molar-refractivity contribution >= 4 is 34.9 Å². The van der Waals surface area contributed by atoms with Crippen LogP contribution in [0.5, 0.6) is 0 Å². The molecule has 1 aromatic heterocycles. The van der Waals surface area contributed by atoms with E-state index in [1.807, 2.05) is 6.92 Å². The Hall–Kier alpha value is -3.30. The van der Waals surface area contributed by atoms with Gasteiger partial charge < -0.3 is 19.9 Å². The van der Waals surface area contributed by atoms with Gasteiger partial charge in [0.25, 0.3) is 11.8 Å². The molecular weight excluding hydrogens is 439 g/mol. The van der Waals surface area contributed by atoms with Gasteiger partial charge in [0.2, 0.25) is 0 Å². The van der Waals surface area contributed by atoms with Crippen LogP contribution in [-0.2, 0) is 20.7 Å². The van der Waals surface area contributed by atoms with Gasteiger partial charge in [-0.15, -0.1) is 0 Å². The summed E-state index contributed by atoms with van der Waals surface area (Å²) in [6, 6.07) is 4.17. The van der Waals surface area contributed by atoms with Crippen LogP contribution in [0.25, 0.3) is 11.6 Å². The number of halogens is 1. The molecule has 1 aromatic carbocycles. The third kappa shape index (κ3) is 4.28. The second kappa shape index (κ2) is 9.15. The molecule has 1 saturated heterocycles. The van der Waals surface area contributed by atoms with Gasteiger partial charge in [0.05, 0.1) is 37.4 Å². The van der Waals surface area contributed by atoms with Crippen LogP contribution >= 0.6 is 0 Å². The minimum atomic E-state index is -0.423. The maximum Gasteiger partial charge on any atom is 0.256 e. The van der Waals surface area contributed by atoms with Gasteiger partial charge in [0.1, 0.15) is 5.82 Å². The summed E-state index contributed by atoms with van der Waals surface area (Å²) in [7, 11) is 0. The van der Waals surface area contributed by atoms with E-state index in [2.05, 4.69) is 15.2 Å². The van der Waals surface area contributed by atoms with Crippen LogP contribution in [0.15, 0.2) is 18.2 Å². The average molecular weight is 467 g/mol. The van der Waals surface area contributed by atoms with Crippen molar-refractivity contribution in [2.75, 3.05) is 51.3 Å². The molecule has 0 radical (unpaired) electrons. The van der Waals surface area contributed by atoms with Crippen LogP contribution < -0.4 is 5.32 Å². The van der Waals surface area contributed by atoms with Crippen LogP contribution in [0.4, 0.5) is 10.1 Å². The number of rotatable bonds is 5. The Morgan fingerprint density at radius 3 is 2.76 bits per heavy atom. The number of carbonyl (C=O) groups excluding carboxylic acids is 3. The van der Waals surface area contributed by atoms with Crippen LogP contribution in [0.1, 0.15) is 39.3 Å². The largest absolute Gasteiger partial charge is 0.379 e. The number of nitrogens with one attached hydrogen (secondary N) is 2. The molecule has 5 rings (SSSR count). The van der Waals surface area contributed by atoms with E-state index in [-0.39, 0.29) is 24.1 Å². The van der Waals surface area contributed by atoms with Crippen molar-refractivity contribution < 1.29 is 23.5 Å². The fourth-order valence-corrected chi connectivity index (χ4v) is 4.88. The van der Waals surface area contributed by atoms with Crippen LogP contribution in [-0.4, -0.2) is 78.3 Å². The number of amides is 2. The zero-order valence-corrected chi connectivity index (χ0v) is 19.1. The number of aromatic nitrogens is 1. The van der Waals surface area contributed by atoms with Crippen molar-refractivity contribution in [3.05, 3.63) is 52.1 Å². The summed E-state index contributed by atoms with van der Waals surface area (Å²) in [6.07, 6.45) is 3.07. The van der Waals surface area contributed by atoms with E-state index in [9.17, 15) is 18.8 Å². The average Bonchev–Trinajstić information content (AvgIpc) is 3.23. The third-order valence-electron chi connectivity index (χ3n) is 6.65. The SMILES string of the molecule is Cc1c(/C=C2\C(=O)Nc3ccc(F)cc32)[nH]c2c1C(=O)N(CC(=O)CN1CCOCC1)CCC2. The Morgan fingerprint density at radius 2 is 1.97 bits per heavy atom. The second-order valence-corrected chi connectivity index (χ2v) is 8.98. The molecule has 0 saturated carbocycles. The first kappa shape index (κ1) is 22.5. The van der Waals surface area contributed by atoms with Crippen molar-refractivity contribution in [2.24, 2.45) is 0 Å². The van der Waals surface area contributed by atoms with E-state index in [0.29, 0.717) is 60.8 Å². The number of aromatic amines is 1. The first-order valence-corrected chi connectivity index (χ1v) is 11.6. The summed E-state index contributed by atoms with van der Waals surface area (Å²) in [5, 5.41) is 2.74. The molecule has 178 valence electrons. The molecule has 3 aliphatic rings. The normalized spacial score (nSPS) is 19.7. The molecule has 0 aliphatic carbocycles. The van der Waals surface area contributed by atoms with E-state index in [1.165, 1.54) is 18.2 Å². The summed E-state index contributed by atoms with van der Waals surface area (Å²) in [4.78, 5) is 45.6. The Labute approximate surface area is 196 Å². The summed E-state index contributed by atoms with van der Waals surface area (Å²) in [5.41, 5.74) is 4.12. The topological polar surface area (TPSA) is 94.7 Å². The highest BCUT2D eigenvalue weighted by atomic mass is 19.1. The lowest BCUT2D eigenvalue weighted by atomic mass is 10.0. The number of aryl methyl sites for hydroxylation is 1. The first-order chi connectivity index (χ1) is 16.4. The van der Waals surface area contributed by atoms with E-state index in [4.69, 9.17) is 4.74 Å². The van der Waals surface area contributed by atoms with Gasteiger partial charge in [-0.25, -0.2) is 4.39 Å². The zero-order valence-electron chi connectivity index (χ0n) is 19.1. The van der Waals surface area contributed by atoms with Crippen molar-refractivity contribution in [1.29, 1.82) is 0 Å². The highest BCUT2D eigenvalue weighted by molar-refractivity contribution is 6.34. The number of benzene rings is 1. The Bertz CT molecular complexity index is 1200. The lowest BCUT2D eigenvalue weighted by molar-refractivity contribution is -0.122. The van der Waals surface area contributed by atoms with Gasteiger partial charge in [-0.3, -0.25) is 19.3 Å². The predicted octanol–water partition coefficient (Wildman–Crippen LogP) is 2.24. The Kier molecular flexibility index (Phi) is 6.05. The number of morpholine rings is 1. The molecule has 0 unspecified atom stereocenters. The minimum absolute atomic E-state index is 0.00971. The molecule has 9 heteroatoms. The van der Waals surface area contributed by atoms with E-state index in [0.717, 1.165) is 30.8 Å². The molecule has 8 nitrogen and oxygen atoms in total. The predicted molar refractivity (Wildman–Crippen MR) is 125 cm³/mol. The van der Waals surface area contributed by atoms with Gasteiger partial charge in [0.15, 0.2) is 5.78 Å². The standard InChI is InChI=1S/C25H27FN4O4/c1-15-22(12-19-18-11-16(26)4-5-20(18)28-24(19)32)27-21-3-2-6-30(25(33)23(15)21)14-17(31)13-29-7-9-34-10-8-29/h4-5,11-12,27H,2-3,6-10,13-14H2,1H3,(H,28,32)/b19-12-. The minimum Gasteiger partial charge on any atom is -0.379 e. The van der Waals surface area contributed by atoms with Gasteiger partial charge in [-0.2, -0.15) is 0 Å². The summed E-state index contributed by atoms with van der Waals surface area (Å²) in [6.45, 7) is 5.42. The summed E-state index contributed by atoms with van der Waals surface area (Å²) < 4.78 is 19.1. The molecule has 1 fully saturated rings. The summed E-state index contributed by atoms with van der Waals surface area (Å²) >= 11 is 0. The smallest absolute Gasteiger partial charge is 0.256 e. The molecule has 0 bridgehead atoms. The molecule has 34 heavy (non-hydrogen) atoms. The van der Waals surface area contributed by atoms with Crippen LogP contribution in [0, 0.1) is 12.7 Å². The second-order valence-electron chi connectivity index (χ2n) is 8.98. The fraction of sp³-hybridized carbons (Fsp3) is 0.400. The lowest BCUT2D eigenvalue weighted by Crippen LogP contribution is -2.43. The molecular formula is C25H27FN4O4. The number of nitrogens with zero attached hydrogens (tertiary/aromatic N) is 2.